The van der Waals surface area contributed by atoms with Crippen molar-refractivity contribution in [2.75, 3.05) is 13.6 Å². The highest BCUT2D eigenvalue weighted by Crippen LogP contribution is 2.19. The van der Waals surface area contributed by atoms with E-state index in [9.17, 15) is 0 Å². The minimum atomic E-state index is 0.731. The summed E-state index contributed by atoms with van der Waals surface area (Å²) < 4.78 is 0. The van der Waals surface area contributed by atoms with Crippen LogP contribution in [-0.2, 0) is 13.1 Å². The Hall–Kier alpha value is -0.860. The van der Waals surface area contributed by atoms with Crippen LogP contribution < -0.4 is 5.32 Å². The van der Waals surface area contributed by atoms with E-state index in [1.165, 1.54) is 24.0 Å². The third-order valence-corrected chi connectivity index (χ3v) is 3.29. The average molecular weight is 246 g/mol. The fraction of sp³-hybridized carbons (Fsp3) is 0.625. The highest BCUT2D eigenvalue weighted by molar-refractivity contribution is 5.23. The zero-order chi connectivity index (χ0) is 13.0. The molecule has 1 aliphatic rings. The second kappa shape index (κ2) is 6.35. The quantitative estimate of drug-likeness (QED) is 0.795. The van der Waals surface area contributed by atoms with Crippen molar-refractivity contribution in [1.29, 1.82) is 0 Å². The largest absolute Gasteiger partial charge is 0.310 e. The van der Waals surface area contributed by atoms with Crippen molar-refractivity contribution in [1.82, 2.24) is 10.2 Å². The molecule has 0 unspecified atom stereocenters. The zero-order valence-corrected chi connectivity index (χ0v) is 11.9. The van der Waals surface area contributed by atoms with Crippen LogP contribution in [0.1, 0.15) is 37.8 Å². The maximum atomic E-state index is 3.57. The molecule has 18 heavy (non-hydrogen) atoms. The number of benzene rings is 1. The molecule has 0 radical (unpaired) electrons. The van der Waals surface area contributed by atoms with Gasteiger partial charge in [-0.1, -0.05) is 38.1 Å². The van der Waals surface area contributed by atoms with Gasteiger partial charge in [0.2, 0.25) is 0 Å². The zero-order valence-electron chi connectivity index (χ0n) is 11.9. The van der Waals surface area contributed by atoms with Gasteiger partial charge < -0.3 is 10.2 Å². The lowest BCUT2D eigenvalue weighted by Gasteiger charge is -2.19. The van der Waals surface area contributed by atoms with Gasteiger partial charge >= 0.3 is 0 Å². The summed E-state index contributed by atoms with van der Waals surface area (Å²) in [5, 5.41) is 3.57. The summed E-state index contributed by atoms with van der Waals surface area (Å²) >= 11 is 0. The van der Waals surface area contributed by atoms with Crippen LogP contribution in [0.3, 0.4) is 0 Å². The van der Waals surface area contributed by atoms with Crippen LogP contribution >= 0.6 is 0 Å². The van der Waals surface area contributed by atoms with Crippen LogP contribution in [0.2, 0.25) is 0 Å². The van der Waals surface area contributed by atoms with Crippen molar-refractivity contribution in [2.45, 2.75) is 45.8 Å². The highest BCUT2D eigenvalue weighted by Gasteiger charge is 2.19. The van der Waals surface area contributed by atoms with Crippen molar-refractivity contribution in [2.24, 2.45) is 5.92 Å². The molecule has 1 aromatic rings. The molecule has 0 amide bonds. The Labute approximate surface area is 111 Å². The van der Waals surface area contributed by atoms with Crippen LogP contribution in [0.5, 0.6) is 0 Å². The lowest BCUT2D eigenvalue weighted by atomic mass is 10.1. The van der Waals surface area contributed by atoms with E-state index in [0.29, 0.717) is 0 Å². The summed E-state index contributed by atoms with van der Waals surface area (Å²) in [7, 11) is 2.20. The number of rotatable bonds is 7. The smallest absolute Gasteiger partial charge is 0.0230 e. The first-order valence-electron chi connectivity index (χ1n) is 7.13. The molecule has 0 saturated heterocycles. The van der Waals surface area contributed by atoms with E-state index in [0.717, 1.165) is 31.6 Å². The summed E-state index contributed by atoms with van der Waals surface area (Å²) in [4.78, 5) is 2.40. The van der Waals surface area contributed by atoms with Crippen molar-refractivity contribution in [3.63, 3.8) is 0 Å². The molecular weight excluding hydrogens is 220 g/mol. The number of hydrogen-bond donors (Lipinski definition) is 1. The lowest BCUT2D eigenvalue weighted by molar-refractivity contribution is 0.288. The van der Waals surface area contributed by atoms with E-state index < -0.39 is 0 Å². The van der Waals surface area contributed by atoms with Gasteiger partial charge in [-0.3, -0.25) is 0 Å². The molecule has 2 nitrogen and oxygen atoms in total. The minimum Gasteiger partial charge on any atom is -0.310 e. The Kier molecular flexibility index (Phi) is 4.79. The topological polar surface area (TPSA) is 15.3 Å². The van der Waals surface area contributed by atoms with Gasteiger partial charge in [-0.05, 0) is 36.9 Å². The Morgan fingerprint density at radius 3 is 2.67 bits per heavy atom. The molecule has 1 aromatic carbocycles. The Morgan fingerprint density at radius 2 is 2.00 bits per heavy atom. The molecule has 1 saturated carbocycles. The molecular formula is C16H26N2. The maximum Gasteiger partial charge on any atom is 0.0230 e. The van der Waals surface area contributed by atoms with Crippen LogP contribution in [0, 0.1) is 5.92 Å². The predicted molar refractivity (Wildman–Crippen MR) is 77.5 cm³/mol. The molecule has 1 N–H and O–H groups in total. The van der Waals surface area contributed by atoms with E-state index in [1.54, 1.807) is 0 Å². The fourth-order valence-electron chi connectivity index (χ4n) is 2.39. The first-order valence-corrected chi connectivity index (χ1v) is 7.13. The number of nitrogens with one attached hydrogen (secondary N) is 1. The summed E-state index contributed by atoms with van der Waals surface area (Å²) in [5.74, 6) is 0.731. The molecule has 0 aliphatic heterocycles. The second-order valence-electron chi connectivity index (χ2n) is 6.07. The van der Waals surface area contributed by atoms with Crippen LogP contribution in [0.25, 0.3) is 0 Å². The maximum absolute atomic E-state index is 3.57. The molecule has 0 spiro atoms. The fourth-order valence-corrected chi connectivity index (χ4v) is 2.39. The monoisotopic (exact) mass is 246 g/mol. The van der Waals surface area contributed by atoms with Crippen LogP contribution in [0.4, 0.5) is 0 Å². The second-order valence-corrected chi connectivity index (χ2v) is 6.07. The normalized spacial score (nSPS) is 15.6. The van der Waals surface area contributed by atoms with Gasteiger partial charge in [-0.15, -0.1) is 0 Å². The lowest BCUT2D eigenvalue weighted by Crippen LogP contribution is -2.22. The third kappa shape index (κ3) is 4.79. The van der Waals surface area contributed by atoms with Crippen LogP contribution in [0.15, 0.2) is 24.3 Å². The number of nitrogens with zero attached hydrogens (tertiary/aromatic N) is 1. The Bertz CT molecular complexity index is 369. The molecule has 1 aliphatic carbocycles. The SMILES string of the molecule is CC(C)CN(C)Cc1cccc(CNC2CC2)c1. The molecule has 0 heterocycles. The summed E-state index contributed by atoms with van der Waals surface area (Å²) in [6.07, 6.45) is 2.72. The molecule has 0 atom stereocenters. The average Bonchev–Trinajstić information content (AvgIpc) is 3.09. The van der Waals surface area contributed by atoms with E-state index in [4.69, 9.17) is 0 Å². The molecule has 2 heteroatoms. The first-order chi connectivity index (χ1) is 8.63. The van der Waals surface area contributed by atoms with Crippen molar-refractivity contribution >= 4 is 0 Å². The van der Waals surface area contributed by atoms with Gasteiger partial charge in [-0.2, -0.15) is 0 Å². The van der Waals surface area contributed by atoms with Crippen LogP contribution in [-0.4, -0.2) is 24.5 Å². The third-order valence-electron chi connectivity index (χ3n) is 3.29. The van der Waals surface area contributed by atoms with E-state index in [-0.39, 0.29) is 0 Å². The molecule has 1 fully saturated rings. The van der Waals surface area contributed by atoms with Gasteiger partial charge in [0.1, 0.15) is 0 Å². The molecule has 0 aromatic heterocycles. The predicted octanol–water partition coefficient (Wildman–Crippen LogP) is 3.03. The van der Waals surface area contributed by atoms with Gasteiger partial charge in [-0.25, -0.2) is 0 Å². The molecule has 100 valence electrons. The number of hydrogen-bond acceptors (Lipinski definition) is 2. The summed E-state index contributed by atoms with van der Waals surface area (Å²) in [6, 6.07) is 9.77. The van der Waals surface area contributed by atoms with E-state index >= 15 is 0 Å². The summed E-state index contributed by atoms with van der Waals surface area (Å²) in [5.41, 5.74) is 2.84. The molecule has 2 rings (SSSR count). The highest BCUT2D eigenvalue weighted by atomic mass is 15.1. The van der Waals surface area contributed by atoms with Gasteiger partial charge in [0.05, 0.1) is 0 Å². The first kappa shape index (κ1) is 13.6. The van der Waals surface area contributed by atoms with Crippen molar-refractivity contribution in [3.8, 4) is 0 Å². The van der Waals surface area contributed by atoms with E-state index in [1.807, 2.05) is 0 Å². The Morgan fingerprint density at radius 1 is 1.28 bits per heavy atom. The van der Waals surface area contributed by atoms with Gasteiger partial charge in [0.15, 0.2) is 0 Å². The minimum absolute atomic E-state index is 0.731. The van der Waals surface area contributed by atoms with E-state index in [2.05, 4.69) is 55.4 Å². The molecule has 0 bridgehead atoms. The standard InChI is InChI=1S/C16H26N2/c1-13(2)11-18(3)12-15-6-4-5-14(9-15)10-17-16-7-8-16/h4-6,9,13,16-17H,7-8,10-12H2,1-3H3. The van der Waals surface area contributed by atoms with Gasteiger partial charge in [0.25, 0.3) is 0 Å². The summed E-state index contributed by atoms with van der Waals surface area (Å²) in [6.45, 7) is 7.77. The van der Waals surface area contributed by atoms with Gasteiger partial charge in [0, 0.05) is 25.7 Å². The van der Waals surface area contributed by atoms with Crippen molar-refractivity contribution < 1.29 is 0 Å². The Balaban J connectivity index is 1.85. The van der Waals surface area contributed by atoms with Crippen molar-refractivity contribution in [3.05, 3.63) is 35.4 Å².